The van der Waals surface area contributed by atoms with E-state index in [1.807, 2.05) is 72.8 Å². The summed E-state index contributed by atoms with van der Waals surface area (Å²) in [5.74, 6) is 0.875. The lowest BCUT2D eigenvalue weighted by molar-refractivity contribution is 0.214. The molecule has 0 bridgehead atoms. The Labute approximate surface area is 223 Å². The average Bonchev–Trinajstić information content (AvgIpc) is 2.92. The number of rotatable bonds is 9. The number of benzene rings is 4. The van der Waals surface area contributed by atoms with Crippen molar-refractivity contribution in [2.45, 2.75) is 19.8 Å². The second kappa shape index (κ2) is 12.3. The Hall–Kier alpha value is -3.96. The number of hydrogen-bond acceptors (Lipinski definition) is 4. The minimum Gasteiger partial charge on any atom is -0.496 e. The third-order valence-corrected chi connectivity index (χ3v) is 6.53. The lowest BCUT2D eigenvalue weighted by atomic mass is 9.84. The fraction of sp³-hybridized carbons (Fsp3) is 0.194. The molecule has 1 unspecified atom stereocenters. The maximum atomic E-state index is 13.0. The van der Waals surface area contributed by atoms with Gasteiger partial charge in [-0.1, -0.05) is 66.2 Å². The van der Waals surface area contributed by atoms with Crippen molar-refractivity contribution in [3.63, 3.8) is 0 Å². The zero-order valence-corrected chi connectivity index (χ0v) is 22.0. The molecule has 4 aromatic rings. The van der Waals surface area contributed by atoms with Crippen molar-refractivity contribution in [2.24, 2.45) is 0 Å². The molecule has 6 heteroatoms. The number of nitrogens with zero attached hydrogens (tertiary/aromatic N) is 1. The molecule has 4 rings (SSSR count). The number of ether oxygens (including phenoxy) is 2. The van der Waals surface area contributed by atoms with Crippen molar-refractivity contribution >= 4 is 29.1 Å². The van der Waals surface area contributed by atoms with Crippen LogP contribution in [-0.4, -0.2) is 26.3 Å². The molecule has 0 aliphatic heterocycles. The smallest absolute Gasteiger partial charge is 0.417 e. The van der Waals surface area contributed by atoms with E-state index in [2.05, 4.69) is 42.3 Å². The van der Waals surface area contributed by atoms with Crippen molar-refractivity contribution in [3.8, 4) is 11.5 Å². The molecule has 0 saturated heterocycles. The summed E-state index contributed by atoms with van der Waals surface area (Å²) in [5, 5.41) is 3.42. The number of amides is 1. The van der Waals surface area contributed by atoms with Crippen LogP contribution in [0.2, 0.25) is 5.02 Å². The van der Waals surface area contributed by atoms with Gasteiger partial charge in [0.1, 0.15) is 11.5 Å². The highest BCUT2D eigenvalue weighted by Gasteiger charge is 2.26. The summed E-state index contributed by atoms with van der Waals surface area (Å²) in [4.78, 5) is 15.2. The molecule has 0 aliphatic carbocycles. The van der Waals surface area contributed by atoms with E-state index >= 15 is 0 Å². The number of carbonyl (C=O) groups is 1. The standard InChI is InChI=1S/C31H31ClN2O3/c1-4-34(5-2)25-17-18-26(29(21-25)37-31(35)33-24-14-10-7-11-15-24)30(22-12-8-6-9-13-22)27-20-23(32)16-19-28(27)36-3/h6-21,30H,4-5H2,1-3H3,(H,33,35). The van der Waals surface area contributed by atoms with E-state index in [0.29, 0.717) is 22.2 Å². The van der Waals surface area contributed by atoms with Crippen LogP contribution in [0.5, 0.6) is 11.5 Å². The first-order chi connectivity index (χ1) is 18.0. The fourth-order valence-corrected chi connectivity index (χ4v) is 4.68. The number of para-hydroxylation sites is 1. The molecule has 0 aromatic heterocycles. The summed E-state index contributed by atoms with van der Waals surface area (Å²) in [7, 11) is 1.64. The molecule has 0 aliphatic rings. The van der Waals surface area contributed by atoms with Gasteiger partial charge in [-0.05, 0) is 55.8 Å². The van der Waals surface area contributed by atoms with Gasteiger partial charge in [0.05, 0.1) is 7.11 Å². The SMILES string of the molecule is CCN(CC)c1ccc(C(c2ccccc2)c2cc(Cl)ccc2OC)c(OC(=O)Nc2ccccc2)c1. The number of halogens is 1. The first kappa shape index (κ1) is 26.1. The number of nitrogens with one attached hydrogen (secondary N) is 1. The lowest BCUT2D eigenvalue weighted by Crippen LogP contribution is -2.23. The summed E-state index contributed by atoms with van der Waals surface area (Å²) in [5.41, 5.74) is 4.36. The van der Waals surface area contributed by atoms with E-state index in [4.69, 9.17) is 21.1 Å². The van der Waals surface area contributed by atoms with Gasteiger partial charge in [-0.3, -0.25) is 5.32 Å². The molecule has 190 valence electrons. The molecule has 0 saturated carbocycles. The van der Waals surface area contributed by atoms with E-state index in [1.165, 1.54) is 0 Å². The molecular weight excluding hydrogens is 484 g/mol. The number of hydrogen-bond donors (Lipinski definition) is 1. The number of anilines is 2. The second-order valence-electron chi connectivity index (χ2n) is 8.50. The highest BCUT2D eigenvalue weighted by Crippen LogP contribution is 2.43. The molecule has 0 fully saturated rings. The maximum Gasteiger partial charge on any atom is 0.417 e. The van der Waals surface area contributed by atoms with Crippen LogP contribution in [0, 0.1) is 0 Å². The molecule has 1 atom stereocenters. The van der Waals surface area contributed by atoms with Crippen molar-refractivity contribution < 1.29 is 14.3 Å². The minimum absolute atomic E-state index is 0.292. The predicted octanol–water partition coefficient (Wildman–Crippen LogP) is 7.99. The highest BCUT2D eigenvalue weighted by molar-refractivity contribution is 6.30. The van der Waals surface area contributed by atoms with E-state index in [0.717, 1.165) is 35.5 Å². The Bertz CT molecular complexity index is 1330. The quantitative estimate of drug-likeness (QED) is 0.230. The molecule has 5 nitrogen and oxygen atoms in total. The molecule has 0 radical (unpaired) electrons. The van der Waals surface area contributed by atoms with Gasteiger partial charge in [-0.15, -0.1) is 0 Å². The van der Waals surface area contributed by atoms with Crippen molar-refractivity contribution in [2.75, 3.05) is 30.4 Å². The molecule has 1 N–H and O–H groups in total. The van der Waals surface area contributed by atoms with Gasteiger partial charge in [-0.2, -0.15) is 0 Å². The Balaban J connectivity index is 1.86. The van der Waals surface area contributed by atoms with Gasteiger partial charge in [0.25, 0.3) is 0 Å². The van der Waals surface area contributed by atoms with Gasteiger partial charge in [0.15, 0.2) is 0 Å². The normalized spacial score (nSPS) is 11.5. The number of carbonyl (C=O) groups excluding carboxylic acids is 1. The molecule has 0 spiro atoms. The molecule has 0 heterocycles. The van der Waals surface area contributed by atoms with Crippen LogP contribution in [0.1, 0.15) is 36.5 Å². The van der Waals surface area contributed by atoms with Crippen molar-refractivity contribution in [1.82, 2.24) is 0 Å². The van der Waals surface area contributed by atoms with Gasteiger partial charge >= 0.3 is 6.09 Å². The summed E-state index contributed by atoms with van der Waals surface area (Å²) < 4.78 is 11.7. The zero-order valence-electron chi connectivity index (χ0n) is 21.3. The molecule has 1 amide bonds. The topological polar surface area (TPSA) is 50.8 Å². The Morgan fingerprint density at radius 3 is 2.16 bits per heavy atom. The fourth-order valence-electron chi connectivity index (χ4n) is 4.50. The van der Waals surface area contributed by atoms with E-state index < -0.39 is 6.09 Å². The lowest BCUT2D eigenvalue weighted by Gasteiger charge is -2.26. The van der Waals surface area contributed by atoms with E-state index in [-0.39, 0.29) is 5.92 Å². The third kappa shape index (κ3) is 6.25. The predicted molar refractivity (Wildman–Crippen MR) is 151 cm³/mol. The summed E-state index contributed by atoms with van der Waals surface area (Å²) in [6.07, 6.45) is -0.561. The zero-order chi connectivity index (χ0) is 26.2. The van der Waals surface area contributed by atoms with Crippen LogP contribution in [0.15, 0.2) is 97.1 Å². The Morgan fingerprint density at radius 2 is 1.51 bits per heavy atom. The maximum absolute atomic E-state index is 13.0. The third-order valence-electron chi connectivity index (χ3n) is 6.30. The van der Waals surface area contributed by atoms with Crippen molar-refractivity contribution in [1.29, 1.82) is 0 Å². The average molecular weight is 515 g/mol. The van der Waals surface area contributed by atoms with Crippen LogP contribution in [-0.2, 0) is 0 Å². The van der Waals surface area contributed by atoms with E-state index in [9.17, 15) is 4.79 Å². The van der Waals surface area contributed by atoms with Crippen LogP contribution in [0.3, 0.4) is 0 Å². The van der Waals surface area contributed by atoms with Gasteiger partial charge in [0.2, 0.25) is 0 Å². The second-order valence-corrected chi connectivity index (χ2v) is 8.94. The summed E-state index contributed by atoms with van der Waals surface area (Å²) in [6.45, 7) is 5.86. The minimum atomic E-state index is -0.561. The first-order valence-electron chi connectivity index (χ1n) is 12.3. The van der Waals surface area contributed by atoms with Crippen LogP contribution in [0.4, 0.5) is 16.2 Å². The van der Waals surface area contributed by atoms with Gasteiger partial charge in [-0.25, -0.2) is 4.79 Å². The summed E-state index contributed by atoms with van der Waals surface area (Å²) >= 11 is 6.45. The largest absolute Gasteiger partial charge is 0.496 e. The number of methoxy groups -OCH3 is 1. The highest BCUT2D eigenvalue weighted by atomic mass is 35.5. The summed E-state index contributed by atoms with van der Waals surface area (Å²) in [6, 6.07) is 30.9. The Kier molecular flexibility index (Phi) is 8.70. The first-order valence-corrected chi connectivity index (χ1v) is 12.7. The van der Waals surface area contributed by atoms with E-state index in [1.54, 1.807) is 13.2 Å². The van der Waals surface area contributed by atoms with Crippen LogP contribution in [0.25, 0.3) is 0 Å². The molecule has 4 aromatic carbocycles. The van der Waals surface area contributed by atoms with Gasteiger partial charge in [0, 0.05) is 52.6 Å². The van der Waals surface area contributed by atoms with Crippen molar-refractivity contribution in [3.05, 3.63) is 119 Å². The van der Waals surface area contributed by atoms with Crippen LogP contribution < -0.4 is 19.7 Å². The monoisotopic (exact) mass is 514 g/mol. The van der Waals surface area contributed by atoms with Gasteiger partial charge < -0.3 is 14.4 Å². The molecule has 37 heavy (non-hydrogen) atoms. The Morgan fingerprint density at radius 1 is 0.838 bits per heavy atom. The van der Waals surface area contributed by atoms with Crippen LogP contribution >= 0.6 is 11.6 Å². The molecular formula is C31H31ClN2O3.